The third-order valence-electron chi connectivity index (χ3n) is 4.07. The van der Waals surface area contributed by atoms with Gasteiger partial charge in [0.05, 0.1) is 24.7 Å². The normalized spacial score (nSPS) is 22.1. The van der Waals surface area contributed by atoms with Crippen LogP contribution < -0.4 is 5.32 Å². The average molecular weight is 294 g/mol. The van der Waals surface area contributed by atoms with Gasteiger partial charge in [-0.3, -0.25) is 9.59 Å². The summed E-state index contributed by atoms with van der Waals surface area (Å²) in [4.78, 5) is 32.3. The maximum atomic E-state index is 12.4. The number of likely N-dealkylation sites (tertiary alicyclic amines) is 1. The van der Waals surface area contributed by atoms with E-state index in [1.54, 1.807) is 19.1 Å². The number of carbonyl (C=O) groups is 2. The van der Waals surface area contributed by atoms with E-state index < -0.39 is 5.60 Å². The van der Waals surface area contributed by atoms with E-state index in [9.17, 15) is 9.59 Å². The van der Waals surface area contributed by atoms with Crippen LogP contribution in [0.2, 0.25) is 0 Å². The van der Waals surface area contributed by atoms with Crippen LogP contribution >= 0.6 is 0 Å². The molecule has 7 heteroatoms. The summed E-state index contributed by atoms with van der Waals surface area (Å²) in [5.74, 6) is -0.0861. The molecule has 21 heavy (non-hydrogen) atoms. The Morgan fingerprint density at radius 2 is 2.38 bits per heavy atom. The van der Waals surface area contributed by atoms with E-state index in [0.29, 0.717) is 31.6 Å². The molecule has 116 valence electrons. The maximum Gasteiger partial charge on any atom is 0.272 e. The van der Waals surface area contributed by atoms with Crippen molar-refractivity contribution in [1.82, 2.24) is 20.2 Å². The molecule has 2 heterocycles. The van der Waals surface area contributed by atoms with Crippen molar-refractivity contribution in [1.29, 1.82) is 0 Å². The molecule has 7 nitrogen and oxygen atoms in total. The van der Waals surface area contributed by atoms with Gasteiger partial charge < -0.3 is 19.9 Å². The summed E-state index contributed by atoms with van der Waals surface area (Å²) >= 11 is 0. The first-order chi connectivity index (χ1) is 10.1. The van der Waals surface area contributed by atoms with Crippen molar-refractivity contribution < 1.29 is 14.3 Å². The highest BCUT2D eigenvalue weighted by molar-refractivity contribution is 5.92. The van der Waals surface area contributed by atoms with E-state index in [1.165, 1.54) is 12.5 Å². The monoisotopic (exact) mass is 294 g/mol. The van der Waals surface area contributed by atoms with Crippen LogP contribution in [0.25, 0.3) is 0 Å². The van der Waals surface area contributed by atoms with E-state index in [1.807, 2.05) is 0 Å². The number of ether oxygens (including phenoxy) is 1. The summed E-state index contributed by atoms with van der Waals surface area (Å²) in [5, 5.41) is 2.61. The van der Waals surface area contributed by atoms with Crippen molar-refractivity contribution in [2.24, 2.45) is 0 Å². The lowest BCUT2D eigenvalue weighted by molar-refractivity contribution is -0.123. The van der Waals surface area contributed by atoms with Crippen molar-refractivity contribution in [3.8, 4) is 0 Å². The predicted molar refractivity (Wildman–Crippen MR) is 76.8 cm³/mol. The highest BCUT2D eigenvalue weighted by Crippen LogP contribution is 2.29. The molecule has 1 atom stereocenters. The minimum atomic E-state index is -0.444. The third kappa shape index (κ3) is 3.60. The number of nitrogens with zero attached hydrogens (tertiary/aromatic N) is 2. The molecule has 2 rings (SSSR count). The number of hydrogen-bond donors (Lipinski definition) is 2. The minimum Gasteiger partial charge on any atom is -0.376 e. The Morgan fingerprint density at radius 1 is 1.57 bits per heavy atom. The third-order valence-corrected chi connectivity index (χ3v) is 4.07. The van der Waals surface area contributed by atoms with Gasteiger partial charge in [-0.05, 0) is 19.3 Å². The topological polar surface area (TPSA) is 87.3 Å². The zero-order chi connectivity index (χ0) is 15.3. The van der Waals surface area contributed by atoms with Crippen LogP contribution in [0, 0.1) is 0 Å². The van der Waals surface area contributed by atoms with Gasteiger partial charge >= 0.3 is 0 Å². The fraction of sp³-hybridized carbons (Fsp3) is 0.643. The van der Waals surface area contributed by atoms with Crippen LogP contribution in [0.1, 0.15) is 36.2 Å². The molecule has 1 aromatic rings. The Balaban J connectivity index is 2.03. The first-order valence-electron chi connectivity index (χ1n) is 7.13. The van der Waals surface area contributed by atoms with E-state index in [0.717, 1.165) is 12.8 Å². The van der Waals surface area contributed by atoms with Crippen molar-refractivity contribution in [2.75, 3.05) is 27.2 Å². The van der Waals surface area contributed by atoms with Crippen molar-refractivity contribution in [2.45, 2.75) is 31.3 Å². The number of amides is 2. The van der Waals surface area contributed by atoms with Gasteiger partial charge in [0, 0.05) is 27.1 Å². The summed E-state index contributed by atoms with van der Waals surface area (Å²) in [6.07, 6.45) is 5.74. The zero-order valence-electron chi connectivity index (χ0n) is 12.5. The fourth-order valence-electron chi connectivity index (χ4n) is 2.75. The first kappa shape index (κ1) is 15.5. The Morgan fingerprint density at radius 3 is 3.00 bits per heavy atom. The summed E-state index contributed by atoms with van der Waals surface area (Å²) in [5.41, 5.74) is 0.0358. The van der Waals surface area contributed by atoms with Crippen molar-refractivity contribution in [3.63, 3.8) is 0 Å². The molecule has 0 radical (unpaired) electrons. The number of aromatic nitrogens is 2. The van der Waals surface area contributed by atoms with E-state index in [-0.39, 0.29) is 11.8 Å². The molecule has 1 saturated heterocycles. The maximum absolute atomic E-state index is 12.4. The second-order valence-corrected chi connectivity index (χ2v) is 5.36. The molecular weight excluding hydrogens is 272 g/mol. The van der Waals surface area contributed by atoms with Crippen LogP contribution in [0.4, 0.5) is 0 Å². The Kier molecular flexibility index (Phi) is 4.95. The molecular formula is C14H22N4O3. The summed E-state index contributed by atoms with van der Waals surface area (Å²) in [6, 6.07) is 0. The van der Waals surface area contributed by atoms with E-state index in [2.05, 4.69) is 15.3 Å². The van der Waals surface area contributed by atoms with Gasteiger partial charge in [0.2, 0.25) is 5.91 Å². The number of carbonyl (C=O) groups excluding carboxylic acids is 2. The predicted octanol–water partition coefficient (Wildman–Crippen LogP) is 0.557. The number of piperidine rings is 1. The van der Waals surface area contributed by atoms with Gasteiger partial charge in [-0.15, -0.1) is 0 Å². The number of H-pyrrole nitrogens is 1. The molecule has 0 aliphatic carbocycles. The van der Waals surface area contributed by atoms with Crippen LogP contribution in [-0.2, 0) is 9.53 Å². The molecule has 2 N–H and O–H groups in total. The number of aromatic amines is 1. The molecule has 1 fully saturated rings. The van der Waals surface area contributed by atoms with Gasteiger partial charge in [0.25, 0.3) is 5.91 Å². The number of nitrogens with one attached hydrogen (secondary N) is 2. The summed E-state index contributed by atoms with van der Waals surface area (Å²) in [7, 11) is 3.27. The minimum absolute atomic E-state index is 0.0107. The molecule has 0 spiro atoms. The standard InChI is InChI=1S/C14H22N4O3/c1-15-12(19)4-6-14(21-2)5-3-7-18(9-14)13(20)11-8-16-10-17-11/h8,10H,3-7,9H2,1-2H3,(H,15,19)(H,16,17). The molecule has 1 unspecified atom stereocenters. The average Bonchev–Trinajstić information content (AvgIpc) is 3.06. The number of imidazole rings is 1. The lowest BCUT2D eigenvalue weighted by Crippen LogP contribution is -2.51. The number of methoxy groups -OCH3 is 1. The highest BCUT2D eigenvalue weighted by Gasteiger charge is 2.37. The second-order valence-electron chi connectivity index (χ2n) is 5.36. The van der Waals surface area contributed by atoms with Gasteiger partial charge in [-0.2, -0.15) is 0 Å². The smallest absolute Gasteiger partial charge is 0.272 e. The van der Waals surface area contributed by atoms with Gasteiger partial charge in [-0.1, -0.05) is 0 Å². The fourth-order valence-corrected chi connectivity index (χ4v) is 2.75. The van der Waals surface area contributed by atoms with E-state index in [4.69, 9.17) is 4.74 Å². The molecule has 1 aliphatic heterocycles. The highest BCUT2D eigenvalue weighted by atomic mass is 16.5. The zero-order valence-corrected chi connectivity index (χ0v) is 12.5. The summed E-state index contributed by atoms with van der Waals surface area (Å²) in [6.45, 7) is 1.20. The number of hydrogen-bond acceptors (Lipinski definition) is 4. The van der Waals surface area contributed by atoms with Crippen LogP contribution in [0.5, 0.6) is 0 Å². The molecule has 0 aromatic carbocycles. The quantitative estimate of drug-likeness (QED) is 0.830. The van der Waals surface area contributed by atoms with Gasteiger partial charge in [0.1, 0.15) is 5.69 Å². The lowest BCUT2D eigenvalue weighted by Gasteiger charge is -2.41. The van der Waals surface area contributed by atoms with Crippen molar-refractivity contribution in [3.05, 3.63) is 18.2 Å². The molecule has 0 bridgehead atoms. The Bertz CT molecular complexity index is 488. The Hall–Kier alpha value is -1.89. The second kappa shape index (κ2) is 6.71. The van der Waals surface area contributed by atoms with Crippen LogP contribution in [0.15, 0.2) is 12.5 Å². The molecule has 0 saturated carbocycles. The SMILES string of the molecule is CNC(=O)CCC1(OC)CCCN(C(=O)c2cnc[nH]2)C1. The van der Waals surface area contributed by atoms with Crippen LogP contribution in [0.3, 0.4) is 0 Å². The molecule has 2 amide bonds. The number of rotatable bonds is 5. The Labute approximate surface area is 124 Å². The first-order valence-corrected chi connectivity index (χ1v) is 7.13. The molecule has 1 aliphatic rings. The summed E-state index contributed by atoms with van der Waals surface area (Å²) < 4.78 is 5.67. The van der Waals surface area contributed by atoms with E-state index >= 15 is 0 Å². The largest absolute Gasteiger partial charge is 0.376 e. The van der Waals surface area contributed by atoms with Gasteiger partial charge in [0.15, 0.2) is 0 Å². The lowest BCUT2D eigenvalue weighted by atomic mass is 9.87. The van der Waals surface area contributed by atoms with Crippen molar-refractivity contribution >= 4 is 11.8 Å². The molecule has 1 aromatic heterocycles. The van der Waals surface area contributed by atoms with Crippen LogP contribution in [-0.4, -0.2) is 59.5 Å². The van der Waals surface area contributed by atoms with Gasteiger partial charge in [-0.25, -0.2) is 4.98 Å².